The largest absolute Gasteiger partial charge is 0.433 e. The smallest absolute Gasteiger partial charge is 0.416 e. The van der Waals surface area contributed by atoms with Crippen LogP contribution in [0.3, 0.4) is 0 Å². The number of halogens is 5. The second-order valence-electron chi connectivity index (χ2n) is 6.11. The van der Waals surface area contributed by atoms with Gasteiger partial charge < -0.3 is 10.1 Å². The zero-order chi connectivity index (χ0) is 20.9. The van der Waals surface area contributed by atoms with Crippen LogP contribution in [0.5, 0.6) is 5.75 Å². The minimum absolute atomic E-state index is 0.0265. The summed E-state index contributed by atoms with van der Waals surface area (Å²) >= 11 is 0. The van der Waals surface area contributed by atoms with Gasteiger partial charge in [-0.2, -0.15) is 22.0 Å². The lowest BCUT2D eigenvalue weighted by Crippen LogP contribution is -2.39. The van der Waals surface area contributed by atoms with Gasteiger partial charge in [-0.3, -0.25) is 9.69 Å². The van der Waals surface area contributed by atoms with E-state index >= 15 is 0 Å². The predicted molar refractivity (Wildman–Crippen MR) is 94.1 cm³/mol. The molecule has 0 bridgehead atoms. The molecule has 0 aromatic heterocycles. The fourth-order valence-electron chi connectivity index (χ4n) is 2.55. The highest BCUT2D eigenvalue weighted by molar-refractivity contribution is 5.95. The highest BCUT2D eigenvalue weighted by Gasteiger charge is 2.33. The molecule has 0 fully saturated rings. The summed E-state index contributed by atoms with van der Waals surface area (Å²) in [5.74, 6) is -0.777. The predicted octanol–water partition coefficient (Wildman–Crippen LogP) is 4.77. The molecule has 0 saturated carbocycles. The van der Waals surface area contributed by atoms with Crippen LogP contribution < -0.4 is 10.1 Å². The number of carbonyl (C=O) groups excluding carboxylic acids is 1. The van der Waals surface area contributed by atoms with Gasteiger partial charge in [0.2, 0.25) is 5.91 Å². The van der Waals surface area contributed by atoms with Crippen LogP contribution in [-0.2, 0) is 17.5 Å². The van der Waals surface area contributed by atoms with Crippen molar-refractivity contribution in [2.24, 2.45) is 0 Å². The first-order valence-electron chi connectivity index (χ1n) is 8.29. The number of alkyl halides is 5. The Morgan fingerprint density at radius 2 is 1.71 bits per heavy atom. The van der Waals surface area contributed by atoms with Crippen molar-refractivity contribution < 1.29 is 31.5 Å². The highest BCUT2D eigenvalue weighted by Crippen LogP contribution is 2.32. The summed E-state index contributed by atoms with van der Waals surface area (Å²) in [4.78, 5) is 13.9. The van der Waals surface area contributed by atoms with Gasteiger partial charge in [0.05, 0.1) is 17.3 Å². The van der Waals surface area contributed by atoms with Gasteiger partial charge >= 0.3 is 12.8 Å². The fourth-order valence-corrected chi connectivity index (χ4v) is 2.55. The van der Waals surface area contributed by atoms with Crippen molar-refractivity contribution >= 4 is 11.6 Å². The number of nitrogens with one attached hydrogen (secondary N) is 1. The maximum atomic E-state index is 13.1. The highest BCUT2D eigenvalue weighted by atomic mass is 19.4. The van der Waals surface area contributed by atoms with Crippen LogP contribution in [0.2, 0.25) is 0 Å². The topological polar surface area (TPSA) is 41.6 Å². The van der Waals surface area contributed by atoms with E-state index < -0.39 is 30.3 Å². The molecule has 0 saturated heterocycles. The molecule has 2 aromatic carbocycles. The van der Waals surface area contributed by atoms with Crippen LogP contribution >= 0.6 is 0 Å². The lowest BCUT2D eigenvalue weighted by atomic mass is 10.1. The van der Waals surface area contributed by atoms with Crippen molar-refractivity contribution in [3.05, 3.63) is 59.7 Å². The number of anilines is 1. The van der Waals surface area contributed by atoms with Gasteiger partial charge in [-0.15, -0.1) is 0 Å². The average Bonchev–Trinajstić information content (AvgIpc) is 2.61. The Balaban J connectivity index is 2.10. The molecule has 0 heterocycles. The van der Waals surface area contributed by atoms with Crippen molar-refractivity contribution in [2.75, 3.05) is 12.4 Å². The number of hydrogen-bond donors (Lipinski definition) is 1. The first-order chi connectivity index (χ1) is 13.1. The Morgan fingerprint density at radius 1 is 1.11 bits per heavy atom. The lowest BCUT2D eigenvalue weighted by molar-refractivity contribution is -0.138. The van der Waals surface area contributed by atoms with Gasteiger partial charge in [-0.25, -0.2) is 0 Å². The van der Waals surface area contributed by atoms with E-state index in [2.05, 4.69) is 10.1 Å². The third kappa shape index (κ3) is 5.66. The number of nitrogens with zero attached hydrogens (tertiary/aromatic N) is 1. The van der Waals surface area contributed by atoms with E-state index in [9.17, 15) is 26.7 Å². The van der Waals surface area contributed by atoms with Gasteiger partial charge in [0.25, 0.3) is 0 Å². The summed E-state index contributed by atoms with van der Waals surface area (Å²) in [6, 6.07) is 9.93. The Hall–Kier alpha value is -2.68. The van der Waals surface area contributed by atoms with Crippen molar-refractivity contribution in [1.82, 2.24) is 4.90 Å². The Morgan fingerprint density at radius 3 is 2.36 bits per heavy atom. The molecule has 28 heavy (non-hydrogen) atoms. The zero-order valence-corrected chi connectivity index (χ0v) is 15.1. The van der Waals surface area contributed by atoms with Crippen LogP contribution in [0.25, 0.3) is 0 Å². The normalized spacial score (nSPS) is 12.9. The lowest BCUT2D eigenvalue weighted by Gasteiger charge is -2.25. The van der Waals surface area contributed by atoms with Crippen LogP contribution in [0.4, 0.5) is 27.6 Å². The Labute approximate surface area is 158 Å². The van der Waals surface area contributed by atoms with Crippen LogP contribution in [-0.4, -0.2) is 30.5 Å². The molecule has 0 radical (unpaired) electrons. The van der Waals surface area contributed by atoms with E-state index in [0.717, 1.165) is 6.07 Å². The van der Waals surface area contributed by atoms with Crippen LogP contribution in [0.1, 0.15) is 18.1 Å². The number of amides is 1. The maximum absolute atomic E-state index is 13.1. The Bertz CT molecular complexity index is 811. The quantitative estimate of drug-likeness (QED) is 0.679. The second kappa shape index (κ2) is 9.01. The molecule has 0 aliphatic heterocycles. The summed E-state index contributed by atoms with van der Waals surface area (Å²) in [7, 11) is 1.50. The van der Waals surface area contributed by atoms with Gasteiger partial charge in [0.15, 0.2) is 0 Å². The monoisotopic (exact) mass is 402 g/mol. The van der Waals surface area contributed by atoms with Gasteiger partial charge in [-0.05, 0) is 37.7 Å². The molecule has 0 spiro atoms. The molecule has 1 atom stereocenters. The summed E-state index contributed by atoms with van der Waals surface area (Å²) < 4.78 is 68.6. The van der Waals surface area contributed by atoms with Gasteiger partial charge in [-0.1, -0.05) is 30.3 Å². The number of ether oxygens (including phenoxy) is 1. The SMILES string of the molecule is CC(C(=O)Nc1ccccc1OC(F)F)N(C)Cc1ccccc1C(F)(F)F. The molecule has 2 rings (SSSR count). The van der Waals surface area contributed by atoms with Crippen molar-refractivity contribution in [3.8, 4) is 5.75 Å². The van der Waals surface area contributed by atoms with Gasteiger partial charge in [0, 0.05) is 6.54 Å². The molecule has 4 nitrogen and oxygen atoms in total. The molecular formula is C19H19F5N2O2. The minimum Gasteiger partial charge on any atom is -0.433 e. The number of hydrogen-bond acceptors (Lipinski definition) is 3. The summed E-state index contributed by atoms with van der Waals surface area (Å²) in [6.45, 7) is -1.68. The third-order valence-electron chi connectivity index (χ3n) is 4.14. The van der Waals surface area contributed by atoms with Crippen LogP contribution in [0.15, 0.2) is 48.5 Å². The summed E-state index contributed by atoms with van der Waals surface area (Å²) in [6.07, 6.45) is -4.51. The standard InChI is InChI=1S/C19H19F5N2O2/c1-12(17(27)25-15-9-5-6-10-16(15)28-18(20)21)26(2)11-13-7-3-4-8-14(13)19(22,23)24/h3-10,12,18H,11H2,1-2H3,(H,25,27). The van der Waals surface area contributed by atoms with Crippen LogP contribution in [0, 0.1) is 0 Å². The molecule has 1 unspecified atom stereocenters. The molecule has 9 heteroatoms. The summed E-state index contributed by atoms with van der Waals surface area (Å²) in [5, 5.41) is 2.47. The number of rotatable bonds is 7. The van der Waals surface area contributed by atoms with E-state index in [4.69, 9.17) is 0 Å². The number of para-hydroxylation sites is 2. The van der Waals surface area contributed by atoms with E-state index in [1.807, 2.05) is 0 Å². The first kappa shape index (κ1) is 21.6. The molecular weight excluding hydrogens is 383 g/mol. The van der Waals surface area contributed by atoms with E-state index in [1.54, 1.807) is 0 Å². The van der Waals surface area contributed by atoms with Crippen molar-refractivity contribution in [1.29, 1.82) is 0 Å². The zero-order valence-electron chi connectivity index (χ0n) is 15.1. The maximum Gasteiger partial charge on any atom is 0.416 e. The number of carbonyl (C=O) groups is 1. The third-order valence-corrected chi connectivity index (χ3v) is 4.14. The second-order valence-corrected chi connectivity index (χ2v) is 6.11. The van der Waals surface area contributed by atoms with E-state index in [1.165, 1.54) is 61.3 Å². The van der Waals surface area contributed by atoms with Crippen molar-refractivity contribution in [3.63, 3.8) is 0 Å². The fraction of sp³-hybridized carbons (Fsp3) is 0.316. The summed E-state index contributed by atoms with van der Waals surface area (Å²) in [5.41, 5.74) is -0.701. The molecule has 0 aliphatic carbocycles. The average molecular weight is 402 g/mol. The molecule has 2 aromatic rings. The Kier molecular flexibility index (Phi) is 6.95. The molecule has 1 amide bonds. The first-order valence-corrected chi connectivity index (χ1v) is 8.29. The molecule has 152 valence electrons. The van der Waals surface area contributed by atoms with Gasteiger partial charge in [0.1, 0.15) is 5.75 Å². The van der Waals surface area contributed by atoms with E-state index in [0.29, 0.717) is 0 Å². The number of benzene rings is 2. The van der Waals surface area contributed by atoms with Crippen molar-refractivity contribution in [2.45, 2.75) is 32.3 Å². The molecule has 0 aliphatic rings. The molecule has 1 N–H and O–H groups in total. The van der Waals surface area contributed by atoms with E-state index in [-0.39, 0.29) is 23.5 Å². The number of likely N-dealkylation sites (N-methyl/N-ethyl adjacent to an activating group) is 1. The minimum atomic E-state index is -4.51.